The fourth-order valence-electron chi connectivity index (χ4n) is 1.02. The second kappa shape index (κ2) is 3.67. The van der Waals surface area contributed by atoms with Gasteiger partial charge >= 0.3 is 0 Å². The van der Waals surface area contributed by atoms with Crippen LogP contribution in [0.1, 0.15) is 0 Å². The molecule has 0 unspecified atom stereocenters. The van der Waals surface area contributed by atoms with Crippen molar-refractivity contribution >= 4 is 12.0 Å². The van der Waals surface area contributed by atoms with Gasteiger partial charge in [0, 0.05) is 18.6 Å². The lowest BCUT2D eigenvalue weighted by Gasteiger charge is -2.10. The van der Waals surface area contributed by atoms with Gasteiger partial charge in [-0.15, -0.1) is 0 Å². The standard InChI is InChI=1S/C10H9N3/c1-3-8-12-13(9-5-1)10-6-2-4-7-11-10/h1-9H. The van der Waals surface area contributed by atoms with Crippen molar-refractivity contribution < 1.29 is 0 Å². The van der Waals surface area contributed by atoms with Gasteiger partial charge in [0.1, 0.15) is 0 Å². The number of aromatic nitrogens is 1. The Morgan fingerprint density at radius 3 is 2.92 bits per heavy atom. The molecular formula is C10H9N3. The van der Waals surface area contributed by atoms with E-state index in [2.05, 4.69) is 10.1 Å². The smallest absolute Gasteiger partial charge is 0.153 e. The molecule has 0 N–H and O–H groups in total. The van der Waals surface area contributed by atoms with E-state index in [0.717, 1.165) is 5.82 Å². The van der Waals surface area contributed by atoms with Crippen molar-refractivity contribution in [1.29, 1.82) is 0 Å². The van der Waals surface area contributed by atoms with Crippen LogP contribution in [0.2, 0.25) is 0 Å². The number of hydrogen-bond acceptors (Lipinski definition) is 3. The molecule has 2 rings (SSSR count). The first-order chi connectivity index (χ1) is 6.47. The van der Waals surface area contributed by atoms with Crippen LogP contribution in [0.15, 0.2) is 53.9 Å². The van der Waals surface area contributed by atoms with Crippen LogP contribution in [0.4, 0.5) is 5.82 Å². The fraction of sp³-hybridized carbons (Fsp3) is 0. The summed E-state index contributed by atoms with van der Waals surface area (Å²) >= 11 is 0. The summed E-state index contributed by atoms with van der Waals surface area (Å²) in [5, 5.41) is 5.89. The highest BCUT2D eigenvalue weighted by Gasteiger charge is 1.99. The topological polar surface area (TPSA) is 28.5 Å². The third-order valence-electron chi connectivity index (χ3n) is 1.61. The molecule has 0 saturated heterocycles. The van der Waals surface area contributed by atoms with Gasteiger partial charge in [-0.2, -0.15) is 5.10 Å². The first kappa shape index (κ1) is 7.73. The Morgan fingerprint density at radius 1 is 1.08 bits per heavy atom. The predicted octanol–water partition coefficient (Wildman–Crippen LogP) is 1.96. The minimum absolute atomic E-state index is 0.818. The van der Waals surface area contributed by atoms with Gasteiger partial charge in [-0.3, -0.25) is 0 Å². The van der Waals surface area contributed by atoms with Crippen LogP contribution < -0.4 is 5.01 Å². The maximum absolute atomic E-state index is 4.18. The molecule has 0 atom stereocenters. The van der Waals surface area contributed by atoms with Crippen LogP contribution in [0.5, 0.6) is 0 Å². The second-order valence-corrected chi connectivity index (χ2v) is 2.52. The van der Waals surface area contributed by atoms with Crippen LogP contribution in [0.25, 0.3) is 0 Å². The summed E-state index contributed by atoms with van der Waals surface area (Å²) in [6.45, 7) is 0. The van der Waals surface area contributed by atoms with Gasteiger partial charge < -0.3 is 0 Å². The zero-order valence-electron chi connectivity index (χ0n) is 7.04. The molecule has 1 aromatic heterocycles. The Labute approximate surface area is 76.7 Å². The van der Waals surface area contributed by atoms with Crippen molar-refractivity contribution in [3.63, 3.8) is 0 Å². The largest absolute Gasteiger partial charge is 0.237 e. The molecule has 13 heavy (non-hydrogen) atoms. The molecule has 3 nitrogen and oxygen atoms in total. The first-order valence-electron chi connectivity index (χ1n) is 4.04. The van der Waals surface area contributed by atoms with Crippen LogP contribution in [-0.2, 0) is 0 Å². The Hall–Kier alpha value is -1.90. The molecule has 0 aromatic carbocycles. The third-order valence-corrected chi connectivity index (χ3v) is 1.61. The van der Waals surface area contributed by atoms with E-state index in [0.29, 0.717) is 0 Å². The van der Waals surface area contributed by atoms with E-state index in [1.54, 1.807) is 17.4 Å². The third kappa shape index (κ3) is 1.82. The van der Waals surface area contributed by atoms with Gasteiger partial charge in [0.25, 0.3) is 0 Å². The van der Waals surface area contributed by atoms with Crippen LogP contribution in [0, 0.1) is 0 Å². The van der Waals surface area contributed by atoms with E-state index in [4.69, 9.17) is 0 Å². The highest BCUT2D eigenvalue weighted by atomic mass is 15.5. The SMILES string of the molecule is C1=CC=NN(c2ccccn2)C=C1. The van der Waals surface area contributed by atoms with E-state index in [1.165, 1.54) is 0 Å². The second-order valence-electron chi connectivity index (χ2n) is 2.52. The van der Waals surface area contributed by atoms with Crippen molar-refractivity contribution in [3.8, 4) is 0 Å². The van der Waals surface area contributed by atoms with Gasteiger partial charge in [-0.25, -0.2) is 9.99 Å². The minimum atomic E-state index is 0.818. The normalized spacial score (nSPS) is 14.6. The molecule has 64 valence electrons. The number of nitrogens with zero attached hydrogens (tertiary/aromatic N) is 3. The summed E-state index contributed by atoms with van der Waals surface area (Å²) in [5.74, 6) is 0.818. The molecule has 1 aliphatic rings. The molecule has 1 aliphatic heterocycles. The van der Waals surface area contributed by atoms with E-state index in [1.807, 2.05) is 42.6 Å². The summed E-state index contributed by atoms with van der Waals surface area (Å²) < 4.78 is 0. The zero-order valence-corrected chi connectivity index (χ0v) is 7.04. The average molecular weight is 171 g/mol. The van der Waals surface area contributed by atoms with Crippen LogP contribution in [-0.4, -0.2) is 11.2 Å². The summed E-state index contributed by atoms with van der Waals surface area (Å²) in [6, 6.07) is 5.73. The molecule has 0 spiro atoms. The minimum Gasteiger partial charge on any atom is -0.237 e. The van der Waals surface area contributed by atoms with Crippen molar-refractivity contribution in [2.45, 2.75) is 0 Å². The summed E-state index contributed by atoms with van der Waals surface area (Å²) in [5.41, 5.74) is 0. The molecule has 0 fully saturated rings. The van der Waals surface area contributed by atoms with E-state index < -0.39 is 0 Å². The fourth-order valence-corrected chi connectivity index (χ4v) is 1.02. The molecule has 0 amide bonds. The molecule has 0 aliphatic carbocycles. The maximum atomic E-state index is 4.18. The Kier molecular flexibility index (Phi) is 2.18. The molecular weight excluding hydrogens is 162 g/mol. The maximum Gasteiger partial charge on any atom is 0.153 e. The van der Waals surface area contributed by atoms with Crippen molar-refractivity contribution in [2.24, 2.45) is 5.10 Å². The predicted molar refractivity (Wildman–Crippen MR) is 53.5 cm³/mol. The Morgan fingerprint density at radius 2 is 2.08 bits per heavy atom. The highest BCUT2D eigenvalue weighted by Crippen LogP contribution is 2.10. The monoisotopic (exact) mass is 171 g/mol. The van der Waals surface area contributed by atoms with Crippen molar-refractivity contribution in [1.82, 2.24) is 4.98 Å². The Bertz CT molecular complexity index is 336. The molecule has 2 heterocycles. The van der Waals surface area contributed by atoms with Gasteiger partial charge in [0.05, 0.1) is 0 Å². The number of hydrazone groups is 1. The quantitative estimate of drug-likeness (QED) is 0.646. The molecule has 0 saturated carbocycles. The van der Waals surface area contributed by atoms with Crippen LogP contribution >= 0.6 is 0 Å². The summed E-state index contributed by atoms with van der Waals surface area (Å²) in [6.07, 6.45) is 11.1. The molecule has 0 bridgehead atoms. The lowest BCUT2D eigenvalue weighted by molar-refractivity contribution is 1.04. The van der Waals surface area contributed by atoms with Gasteiger partial charge in [-0.05, 0) is 24.3 Å². The molecule has 1 aromatic rings. The zero-order chi connectivity index (χ0) is 8.93. The summed E-state index contributed by atoms with van der Waals surface area (Å²) in [7, 11) is 0. The lowest BCUT2D eigenvalue weighted by Crippen LogP contribution is -2.07. The number of pyridine rings is 1. The number of hydrogen-bond donors (Lipinski definition) is 0. The highest BCUT2D eigenvalue weighted by molar-refractivity contribution is 5.73. The number of anilines is 1. The van der Waals surface area contributed by atoms with E-state index >= 15 is 0 Å². The lowest BCUT2D eigenvalue weighted by atomic mass is 10.4. The van der Waals surface area contributed by atoms with Crippen LogP contribution in [0.3, 0.4) is 0 Å². The van der Waals surface area contributed by atoms with Gasteiger partial charge in [-0.1, -0.05) is 12.1 Å². The van der Waals surface area contributed by atoms with Crippen molar-refractivity contribution in [3.05, 3.63) is 48.8 Å². The van der Waals surface area contributed by atoms with E-state index in [9.17, 15) is 0 Å². The Balaban J connectivity index is 2.27. The first-order valence-corrected chi connectivity index (χ1v) is 4.04. The average Bonchev–Trinajstić information content (AvgIpc) is 2.47. The summed E-state index contributed by atoms with van der Waals surface area (Å²) in [4.78, 5) is 4.18. The van der Waals surface area contributed by atoms with E-state index in [-0.39, 0.29) is 0 Å². The van der Waals surface area contributed by atoms with Gasteiger partial charge in [0.2, 0.25) is 0 Å². The molecule has 3 heteroatoms. The van der Waals surface area contributed by atoms with Gasteiger partial charge in [0.15, 0.2) is 5.82 Å². The van der Waals surface area contributed by atoms with Crippen molar-refractivity contribution in [2.75, 3.05) is 5.01 Å². The molecule has 0 radical (unpaired) electrons. The number of allylic oxidation sites excluding steroid dienone is 3. The number of rotatable bonds is 1.